The summed E-state index contributed by atoms with van der Waals surface area (Å²) in [7, 11) is 0. The quantitative estimate of drug-likeness (QED) is 0.463. The van der Waals surface area contributed by atoms with Gasteiger partial charge in [-0.2, -0.15) is 5.10 Å². The molecular weight excluding hydrogens is 370 g/mol. The van der Waals surface area contributed by atoms with E-state index in [1.807, 2.05) is 42.6 Å². The molecule has 1 aliphatic rings. The molecule has 150 valence electrons. The maximum atomic E-state index is 4.57. The fourth-order valence-electron chi connectivity index (χ4n) is 3.99. The van der Waals surface area contributed by atoms with Gasteiger partial charge in [-0.05, 0) is 48.7 Å². The zero-order valence-electron chi connectivity index (χ0n) is 16.9. The van der Waals surface area contributed by atoms with E-state index in [2.05, 4.69) is 61.8 Å². The van der Waals surface area contributed by atoms with Crippen LogP contribution in [0.3, 0.4) is 0 Å². The maximum absolute atomic E-state index is 4.57. The van der Waals surface area contributed by atoms with Gasteiger partial charge in [0.05, 0.1) is 34.8 Å². The molecule has 30 heavy (non-hydrogen) atoms. The number of hydrogen-bond donors (Lipinski definition) is 2. The highest BCUT2D eigenvalue weighted by Crippen LogP contribution is 2.34. The third kappa shape index (κ3) is 3.92. The number of benzene rings is 2. The van der Waals surface area contributed by atoms with E-state index in [0.29, 0.717) is 6.54 Å². The first-order valence-electron chi connectivity index (χ1n) is 10.5. The third-order valence-electron chi connectivity index (χ3n) is 5.57. The Morgan fingerprint density at radius 1 is 0.967 bits per heavy atom. The van der Waals surface area contributed by atoms with Gasteiger partial charge in [-0.15, -0.1) is 0 Å². The molecule has 1 aliphatic heterocycles. The van der Waals surface area contributed by atoms with E-state index in [4.69, 9.17) is 0 Å². The van der Waals surface area contributed by atoms with E-state index in [-0.39, 0.29) is 0 Å². The lowest BCUT2D eigenvalue weighted by Crippen LogP contribution is -2.19. The van der Waals surface area contributed by atoms with Crippen LogP contribution < -0.4 is 10.2 Å². The van der Waals surface area contributed by atoms with E-state index in [1.165, 1.54) is 18.5 Å². The smallest absolute Gasteiger partial charge is 0.0928 e. The zero-order chi connectivity index (χ0) is 20.2. The molecule has 0 atom stereocenters. The molecule has 0 saturated carbocycles. The molecule has 2 N–H and O–H groups in total. The second-order valence-corrected chi connectivity index (χ2v) is 7.64. The summed E-state index contributed by atoms with van der Waals surface area (Å²) in [6, 6.07) is 20.8. The topological polar surface area (TPSA) is 56.8 Å². The van der Waals surface area contributed by atoms with E-state index in [0.717, 1.165) is 46.6 Å². The molecule has 0 radical (unpaired) electrons. The molecule has 5 rings (SSSR count). The number of anilines is 2. The maximum Gasteiger partial charge on any atom is 0.0928 e. The summed E-state index contributed by atoms with van der Waals surface area (Å²) in [5.41, 5.74) is 6.57. The molecule has 0 bridgehead atoms. The van der Waals surface area contributed by atoms with Gasteiger partial charge in [-0.25, -0.2) is 0 Å². The molecule has 2 aromatic carbocycles. The van der Waals surface area contributed by atoms with Crippen molar-refractivity contribution in [2.75, 3.05) is 23.3 Å². The minimum atomic E-state index is 0.695. The molecule has 1 fully saturated rings. The first kappa shape index (κ1) is 18.4. The molecule has 5 nitrogen and oxygen atoms in total. The van der Waals surface area contributed by atoms with Crippen LogP contribution in [0.25, 0.3) is 23.1 Å². The predicted molar refractivity (Wildman–Crippen MR) is 124 cm³/mol. The second kappa shape index (κ2) is 8.41. The number of pyridine rings is 1. The van der Waals surface area contributed by atoms with Gasteiger partial charge in [0.2, 0.25) is 0 Å². The van der Waals surface area contributed by atoms with E-state index in [1.54, 1.807) is 0 Å². The lowest BCUT2D eigenvalue weighted by atomic mass is 10.1. The molecule has 3 heterocycles. The summed E-state index contributed by atoms with van der Waals surface area (Å²) in [6.07, 6.45) is 8.50. The average molecular weight is 396 g/mol. The second-order valence-electron chi connectivity index (χ2n) is 7.64. The van der Waals surface area contributed by atoms with Gasteiger partial charge in [0.1, 0.15) is 0 Å². The van der Waals surface area contributed by atoms with Crippen LogP contribution in [-0.4, -0.2) is 28.3 Å². The summed E-state index contributed by atoms with van der Waals surface area (Å²) in [6.45, 7) is 2.89. The number of hydrogen-bond acceptors (Lipinski definition) is 4. The largest absolute Gasteiger partial charge is 0.378 e. The standard InChI is InChI=1S/C25H25N5/c1-2-8-19(9-3-1)11-12-22-21-16-24(27-18-20-10-4-5-13-26-20)25(17-23(21)29-28-22)30-14-6-7-15-30/h1-5,8-13,16-17,27H,6-7,14-15,18H2,(H,28,29). The molecule has 0 aliphatic carbocycles. The fraction of sp³-hybridized carbons (Fsp3) is 0.200. The Hall–Kier alpha value is -3.60. The Labute approximate surface area is 176 Å². The van der Waals surface area contributed by atoms with Crippen LogP contribution in [0, 0.1) is 0 Å². The number of aromatic nitrogens is 3. The normalized spacial score (nSPS) is 14.1. The van der Waals surface area contributed by atoms with Crippen molar-refractivity contribution in [1.82, 2.24) is 15.2 Å². The highest BCUT2D eigenvalue weighted by Gasteiger charge is 2.18. The Morgan fingerprint density at radius 2 is 1.80 bits per heavy atom. The van der Waals surface area contributed by atoms with Crippen molar-refractivity contribution < 1.29 is 0 Å². The van der Waals surface area contributed by atoms with Crippen molar-refractivity contribution >= 4 is 34.4 Å². The Bertz CT molecular complexity index is 1140. The number of fused-ring (bicyclic) bond motifs is 1. The van der Waals surface area contributed by atoms with E-state index < -0.39 is 0 Å². The van der Waals surface area contributed by atoms with Crippen molar-refractivity contribution in [3.63, 3.8) is 0 Å². The summed E-state index contributed by atoms with van der Waals surface area (Å²) in [5, 5.41) is 12.5. The first-order chi connectivity index (χ1) is 14.9. The lowest BCUT2D eigenvalue weighted by Gasteiger charge is -2.22. The lowest BCUT2D eigenvalue weighted by molar-refractivity contribution is 0.949. The SMILES string of the molecule is C(=Cc1n[nH]c2cc(N3CCCC3)c(NCc3ccccn3)cc12)c1ccccc1. The zero-order valence-corrected chi connectivity index (χ0v) is 16.9. The summed E-state index contributed by atoms with van der Waals surface area (Å²) in [5.74, 6) is 0. The number of H-pyrrole nitrogens is 1. The molecule has 2 aromatic heterocycles. The molecule has 5 heteroatoms. The average Bonchev–Trinajstić information content (AvgIpc) is 3.47. The van der Waals surface area contributed by atoms with Gasteiger partial charge in [0, 0.05) is 24.7 Å². The summed E-state index contributed by atoms with van der Waals surface area (Å²) >= 11 is 0. The van der Waals surface area contributed by atoms with Gasteiger partial charge < -0.3 is 10.2 Å². The highest BCUT2D eigenvalue weighted by atomic mass is 15.2. The van der Waals surface area contributed by atoms with Crippen molar-refractivity contribution in [3.8, 4) is 0 Å². The van der Waals surface area contributed by atoms with Gasteiger partial charge in [-0.3, -0.25) is 10.1 Å². The Balaban J connectivity index is 1.49. The van der Waals surface area contributed by atoms with Gasteiger partial charge >= 0.3 is 0 Å². The van der Waals surface area contributed by atoms with Crippen LogP contribution in [0.4, 0.5) is 11.4 Å². The van der Waals surface area contributed by atoms with Crippen LogP contribution >= 0.6 is 0 Å². The van der Waals surface area contributed by atoms with Crippen LogP contribution in [0.2, 0.25) is 0 Å². The molecular formula is C25H25N5. The number of rotatable bonds is 6. The van der Waals surface area contributed by atoms with Gasteiger partial charge in [0.25, 0.3) is 0 Å². The van der Waals surface area contributed by atoms with Crippen molar-refractivity contribution in [3.05, 3.63) is 83.8 Å². The predicted octanol–water partition coefficient (Wildman–Crippen LogP) is 5.34. The Kier molecular flexibility index (Phi) is 5.17. The van der Waals surface area contributed by atoms with Gasteiger partial charge in [-0.1, -0.05) is 42.5 Å². The number of nitrogens with zero attached hydrogens (tertiary/aromatic N) is 3. The monoisotopic (exact) mass is 395 g/mol. The summed E-state index contributed by atoms with van der Waals surface area (Å²) < 4.78 is 0. The summed E-state index contributed by atoms with van der Waals surface area (Å²) in [4.78, 5) is 6.91. The van der Waals surface area contributed by atoms with Gasteiger partial charge in [0.15, 0.2) is 0 Å². The van der Waals surface area contributed by atoms with Crippen LogP contribution in [0.1, 0.15) is 29.8 Å². The third-order valence-corrected chi connectivity index (χ3v) is 5.57. The molecule has 1 saturated heterocycles. The fourth-order valence-corrected chi connectivity index (χ4v) is 3.99. The first-order valence-corrected chi connectivity index (χ1v) is 10.5. The molecule has 0 unspecified atom stereocenters. The van der Waals surface area contributed by atoms with Crippen molar-refractivity contribution in [2.45, 2.75) is 19.4 Å². The van der Waals surface area contributed by atoms with Crippen LogP contribution in [0.5, 0.6) is 0 Å². The minimum absolute atomic E-state index is 0.695. The van der Waals surface area contributed by atoms with Crippen LogP contribution in [-0.2, 0) is 6.54 Å². The van der Waals surface area contributed by atoms with Crippen molar-refractivity contribution in [1.29, 1.82) is 0 Å². The molecule has 4 aromatic rings. The Morgan fingerprint density at radius 3 is 2.60 bits per heavy atom. The van der Waals surface area contributed by atoms with Crippen molar-refractivity contribution in [2.24, 2.45) is 0 Å². The van der Waals surface area contributed by atoms with E-state index >= 15 is 0 Å². The minimum Gasteiger partial charge on any atom is -0.378 e. The molecule has 0 amide bonds. The van der Waals surface area contributed by atoms with E-state index in [9.17, 15) is 0 Å². The molecule has 0 spiro atoms. The number of aromatic amines is 1. The highest BCUT2D eigenvalue weighted by molar-refractivity contribution is 5.96. The number of nitrogens with one attached hydrogen (secondary N) is 2. The van der Waals surface area contributed by atoms with Crippen LogP contribution in [0.15, 0.2) is 66.9 Å².